The smallest absolute Gasteiger partial charge is 0.0933 e. The van der Waals surface area contributed by atoms with E-state index < -0.39 is 0 Å². The highest BCUT2D eigenvalue weighted by Crippen LogP contribution is 2.32. The lowest BCUT2D eigenvalue weighted by Crippen LogP contribution is -2.16. The first-order valence-electron chi connectivity index (χ1n) is 2.83. The molecular weight excluding hydrogens is 88.1 g/mol. The molecule has 0 unspecified atom stereocenters. The van der Waals surface area contributed by atoms with Gasteiger partial charge in [0.05, 0.1) is 6.10 Å². The molecule has 0 atom stereocenters. The van der Waals surface area contributed by atoms with Crippen LogP contribution in [0.3, 0.4) is 0 Å². The van der Waals surface area contributed by atoms with Gasteiger partial charge in [-0.05, 0) is 25.7 Å². The Bertz CT molecular complexity index is 55.2. The Morgan fingerprint density at radius 3 is 2.14 bits per heavy atom. The van der Waals surface area contributed by atoms with Crippen LogP contribution in [0.4, 0.5) is 0 Å². The maximum Gasteiger partial charge on any atom is 0.0933 e. The number of aliphatic hydroxyl groups is 1. The summed E-state index contributed by atoms with van der Waals surface area (Å²) in [6.45, 7) is 1.80. The average molecular weight is 99.2 g/mol. The lowest BCUT2D eigenvalue weighted by molar-refractivity contribution is 0.173. The van der Waals surface area contributed by atoms with Gasteiger partial charge in [-0.15, -0.1) is 0 Å². The zero-order valence-corrected chi connectivity index (χ0v) is 4.65. The monoisotopic (exact) mass is 99.1 g/mol. The molecule has 1 nitrogen and oxygen atoms in total. The van der Waals surface area contributed by atoms with Gasteiger partial charge in [0.2, 0.25) is 0 Å². The second kappa shape index (κ2) is 1.83. The summed E-state index contributed by atoms with van der Waals surface area (Å²) < 4.78 is 0. The number of hydrogen-bond acceptors (Lipinski definition) is 1. The highest BCUT2D eigenvalue weighted by molar-refractivity contribution is 4.85. The zero-order chi connectivity index (χ0) is 5.28. The van der Waals surface area contributed by atoms with Crippen LogP contribution in [0, 0.1) is 12.0 Å². The second-order valence-corrected chi connectivity index (χ2v) is 2.27. The fourth-order valence-electron chi connectivity index (χ4n) is 0.826. The molecule has 0 aromatic heterocycles. The molecule has 7 heavy (non-hydrogen) atoms. The van der Waals surface area contributed by atoms with E-state index in [4.69, 9.17) is 5.11 Å². The van der Waals surface area contributed by atoms with E-state index in [1.54, 1.807) is 6.92 Å². The molecule has 0 saturated heterocycles. The first-order valence-corrected chi connectivity index (χ1v) is 2.83. The minimum Gasteiger partial charge on any atom is -0.387 e. The zero-order valence-electron chi connectivity index (χ0n) is 4.65. The van der Waals surface area contributed by atoms with Gasteiger partial charge in [0, 0.05) is 0 Å². The largest absolute Gasteiger partial charge is 0.387 e. The van der Waals surface area contributed by atoms with Crippen molar-refractivity contribution >= 4 is 0 Å². The molecule has 1 N–H and O–H groups in total. The van der Waals surface area contributed by atoms with Crippen molar-refractivity contribution in [2.75, 3.05) is 0 Å². The predicted molar refractivity (Wildman–Crippen MR) is 28.2 cm³/mol. The van der Waals surface area contributed by atoms with E-state index in [9.17, 15) is 0 Å². The quantitative estimate of drug-likeness (QED) is 0.530. The molecular formula is C6H11O. The van der Waals surface area contributed by atoms with E-state index >= 15 is 0 Å². The van der Waals surface area contributed by atoms with Crippen molar-refractivity contribution in [3.05, 3.63) is 6.10 Å². The van der Waals surface area contributed by atoms with Gasteiger partial charge in [-0.2, -0.15) is 0 Å². The minimum absolute atomic E-state index is 0.556. The third-order valence-electron chi connectivity index (χ3n) is 1.70. The van der Waals surface area contributed by atoms with Crippen molar-refractivity contribution in [2.24, 2.45) is 5.92 Å². The van der Waals surface area contributed by atoms with Gasteiger partial charge in [-0.3, -0.25) is 0 Å². The fourth-order valence-corrected chi connectivity index (χ4v) is 0.826. The van der Waals surface area contributed by atoms with E-state index in [1.165, 1.54) is 19.3 Å². The Morgan fingerprint density at radius 2 is 2.14 bits per heavy atom. The van der Waals surface area contributed by atoms with Crippen LogP contribution in [0.5, 0.6) is 0 Å². The third kappa shape index (κ3) is 0.942. The van der Waals surface area contributed by atoms with Gasteiger partial charge in [0.1, 0.15) is 0 Å². The second-order valence-electron chi connectivity index (χ2n) is 2.27. The average Bonchev–Trinajstić information content (AvgIpc) is 1.23. The fraction of sp³-hybridized carbons (Fsp3) is 0.833. The maximum atomic E-state index is 8.79. The molecule has 1 aliphatic carbocycles. The van der Waals surface area contributed by atoms with Crippen LogP contribution >= 0.6 is 0 Å². The van der Waals surface area contributed by atoms with Crippen LogP contribution in [0.25, 0.3) is 0 Å². The molecule has 1 saturated carbocycles. The SMILES string of the molecule is C[C](O)C1CCC1. The Kier molecular flexibility index (Phi) is 1.33. The molecule has 0 heterocycles. The summed E-state index contributed by atoms with van der Waals surface area (Å²) in [6, 6.07) is 0. The van der Waals surface area contributed by atoms with Crippen molar-refractivity contribution in [1.82, 2.24) is 0 Å². The molecule has 1 fully saturated rings. The third-order valence-corrected chi connectivity index (χ3v) is 1.70. The molecule has 0 amide bonds. The minimum atomic E-state index is 0.556. The van der Waals surface area contributed by atoms with Crippen LogP contribution in [-0.4, -0.2) is 5.11 Å². The summed E-state index contributed by atoms with van der Waals surface area (Å²) in [4.78, 5) is 0. The Morgan fingerprint density at radius 1 is 1.57 bits per heavy atom. The summed E-state index contributed by atoms with van der Waals surface area (Å²) >= 11 is 0. The maximum absolute atomic E-state index is 8.79. The highest BCUT2D eigenvalue weighted by Gasteiger charge is 2.22. The topological polar surface area (TPSA) is 20.2 Å². The van der Waals surface area contributed by atoms with Crippen molar-refractivity contribution in [2.45, 2.75) is 26.2 Å². The summed E-state index contributed by atoms with van der Waals surface area (Å²) in [5.74, 6) is 0.556. The lowest BCUT2D eigenvalue weighted by Gasteiger charge is -2.26. The van der Waals surface area contributed by atoms with E-state index in [0.29, 0.717) is 12.0 Å². The first-order chi connectivity index (χ1) is 3.30. The van der Waals surface area contributed by atoms with E-state index in [0.717, 1.165) is 0 Å². The number of hydrogen-bond donors (Lipinski definition) is 1. The van der Waals surface area contributed by atoms with E-state index in [-0.39, 0.29) is 0 Å². The molecule has 0 aliphatic heterocycles. The first kappa shape index (κ1) is 5.10. The Hall–Kier alpha value is -0.0400. The molecule has 0 spiro atoms. The van der Waals surface area contributed by atoms with Crippen LogP contribution in [0.15, 0.2) is 0 Å². The van der Waals surface area contributed by atoms with Gasteiger partial charge in [0.25, 0.3) is 0 Å². The summed E-state index contributed by atoms with van der Waals surface area (Å²) in [7, 11) is 0. The van der Waals surface area contributed by atoms with E-state index in [2.05, 4.69) is 0 Å². The van der Waals surface area contributed by atoms with Gasteiger partial charge in [0.15, 0.2) is 0 Å². The normalized spacial score (nSPS) is 22.7. The van der Waals surface area contributed by atoms with Gasteiger partial charge in [-0.1, -0.05) is 6.42 Å². The molecule has 0 aromatic carbocycles. The van der Waals surface area contributed by atoms with Gasteiger partial charge < -0.3 is 5.11 Å². The number of aliphatic hydroxyl groups excluding tert-OH is 1. The van der Waals surface area contributed by atoms with Crippen molar-refractivity contribution in [1.29, 1.82) is 0 Å². The van der Waals surface area contributed by atoms with Gasteiger partial charge >= 0.3 is 0 Å². The predicted octanol–water partition coefficient (Wildman–Crippen LogP) is 1.71. The van der Waals surface area contributed by atoms with Crippen LogP contribution < -0.4 is 0 Å². The van der Waals surface area contributed by atoms with Crippen LogP contribution in [-0.2, 0) is 0 Å². The molecule has 1 aliphatic rings. The van der Waals surface area contributed by atoms with Crippen LogP contribution in [0.1, 0.15) is 26.2 Å². The standard InChI is InChI=1S/C6H11O/c1-5(7)6-3-2-4-6/h6-7H,2-4H2,1H3. The Balaban J connectivity index is 2.14. The van der Waals surface area contributed by atoms with Crippen LogP contribution in [0.2, 0.25) is 0 Å². The van der Waals surface area contributed by atoms with Crippen molar-refractivity contribution in [3.8, 4) is 0 Å². The number of rotatable bonds is 1. The lowest BCUT2D eigenvalue weighted by atomic mass is 9.82. The van der Waals surface area contributed by atoms with Gasteiger partial charge in [-0.25, -0.2) is 0 Å². The summed E-state index contributed by atoms with van der Waals surface area (Å²) in [5, 5.41) is 8.79. The van der Waals surface area contributed by atoms with E-state index in [1.807, 2.05) is 0 Å². The molecule has 1 rings (SSSR count). The Labute approximate surface area is 44.4 Å². The van der Waals surface area contributed by atoms with Crippen molar-refractivity contribution in [3.63, 3.8) is 0 Å². The van der Waals surface area contributed by atoms with Crippen molar-refractivity contribution < 1.29 is 5.11 Å². The summed E-state index contributed by atoms with van der Waals surface area (Å²) in [6.07, 6.45) is 4.36. The summed E-state index contributed by atoms with van der Waals surface area (Å²) in [5.41, 5.74) is 0. The molecule has 0 aromatic rings. The molecule has 41 valence electrons. The molecule has 1 heteroatoms. The highest BCUT2D eigenvalue weighted by atomic mass is 16.3. The molecule has 1 radical (unpaired) electrons. The molecule has 0 bridgehead atoms.